The molecule has 1 heterocycles. The molecule has 1 N–H and O–H groups in total. The number of aromatic nitrogens is 1. The van der Waals surface area contributed by atoms with Crippen LogP contribution in [0.3, 0.4) is 0 Å². The van der Waals surface area contributed by atoms with Gasteiger partial charge in [0.25, 0.3) is 0 Å². The van der Waals surface area contributed by atoms with Crippen molar-refractivity contribution in [3.63, 3.8) is 0 Å². The number of ether oxygens (including phenoxy) is 2. The van der Waals surface area contributed by atoms with Crippen molar-refractivity contribution in [2.75, 3.05) is 19.5 Å². The van der Waals surface area contributed by atoms with Crippen molar-refractivity contribution in [2.24, 2.45) is 0 Å². The fourth-order valence-electron chi connectivity index (χ4n) is 2.71. The zero-order valence-corrected chi connectivity index (χ0v) is 18.3. The van der Waals surface area contributed by atoms with E-state index >= 15 is 0 Å². The van der Waals surface area contributed by atoms with E-state index in [0.29, 0.717) is 29.5 Å². The van der Waals surface area contributed by atoms with E-state index in [1.807, 2.05) is 48.7 Å². The molecule has 3 rings (SSSR count). The number of carbonyl (C=O) groups excluding carboxylic acids is 1. The van der Waals surface area contributed by atoms with Gasteiger partial charge in [-0.3, -0.25) is 4.79 Å². The standard InChI is InChI=1S/C21H21BrN2O3S/c1-13-4-6-14(7-5-13)17-12-28-21(23-17)24-20(25)9-8-15-10-18(26-2)19(27-3)11-16(15)22/h4-7,10-12H,8-9H2,1-3H3,(H,23,24,25). The van der Waals surface area contributed by atoms with Crippen LogP contribution >= 0.6 is 27.3 Å². The molecule has 5 nitrogen and oxygen atoms in total. The number of benzene rings is 2. The average Bonchev–Trinajstić information content (AvgIpc) is 3.15. The fraction of sp³-hybridized carbons (Fsp3) is 0.238. The van der Waals surface area contributed by atoms with E-state index in [2.05, 4.69) is 26.2 Å². The number of methoxy groups -OCH3 is 2. The number of hydrogen-bond donors (Lipinski definition) is 1. The lowest BCUT2D eigenvalue weighted by molar-refractivity contribution is -0.116. The van der Waals surface area contributed by atoms with Gasteiger partial charge in [-0.05, 0) is 31.0 Å². The van der Waals surface area contributed by atoms with Gasteiger partial charge in [0.2, 0.25) is 5.91 Å². The molecule has 146 valence electrons. The van der Waals surface area contributed by atoms with Crippen LogP contribution in [-0.2, 0) is 11.2 Å². The Morgan fingerprint density at radius 2 is 1.82 bits per heavy atom. The maximum atomic E-state index is 12.3. The van der Waals surface area contributed by atoms with Gasteiger partial charge in [-0.1, -0.05) is 45.8 Å². The normalized spacial score (nSPS) is 10.6. The Morgan fingerprint density at radius 1 is 1.14 bits per heavy atom. The molecule has 0 spiro atoms. The molecule has 0 atom stereocenters. The molecule has 0 fully saturated rings. The highest BCUT2D eigenvalue weighted by Gasteiger charge is 2.12. The van der Waals surface area contributed by atoms with Gasteiger partial charge < -0.3 is 14.8 Å². The lowest BCUT2D eigenvalue weighted by atomic mass is 10.1. The zero-order valence-electron chi connectivity index (χ0n) is 15.9. The number of hydrogen-bond acceptors (Lipinski definition) is 5. The van der Waals surface area contributed by atoms with Crippen LogP contribution in [-0.4, -0.2) is 25.1 Å². The van der Waals surface area contributed by atoms with E-state index in [9.17, 15) is 4.79 Å². The summed E-state index contributed by atoms with van der Waals surface area (Å²) in [6.07, 6.45) is 0.913. The van der Waals surface area contributed by atoms with Gasteiger partial charge in [0.15, 0.2) is 16.6 Å². The fourth-order valence-corrected chi connectivity index (χ4v) is 3.96. The molecule has 7 heteroatoms. The molecule has 3 aromatic rings. The topological polar surface area (TPSA) is 60.5 Å². The smallest absolute Gasteiger partial charge is 0.226 e. The van der Waals surface area contributed by atoms with Crippen LogP contribution in [0, 0.1) is 6.92 Å². The summed E-state index contributed by atoms with van der Waals surface area (Å²) in [6, 6.07) is 11.9. The number of aryl methyl sites for hydroxylation is 2. The second kappa shape index (κ2) is 9.21. The van der Waals surface area contributed by atoms with Gasteiger partial charge >= 0.3 is 0 Å². The number of nitrogens with zero attached hydrogens (tertiary/aromatic N) is 1. The predicted molar refractivity (Wildman–Crippen MR) is 116 cm³/mol. The minimum atomic E-state index is -0.0773. The molecule has 0 aliphatic carbocycles. The summed E-state index contributed by atoms with van der Waals surface area (Å²) in [7, 11) is 3.19. The van der Waals surface area contributed by atoms with Gasteiger partial charge in [0, 0.05) is 21.8 Å². The van der Waals surface area contributed by atoms with E-state index in [-0.39, 0.29) is 5.91 Å². The van der Waals surface area contributed by atoms with Crippen molar-refractivity contribution in [1.29, 1.82) is 0 Å². The van der Waals surface area contributed by atoms with E-state index in [1.54, 1.807) is 14.2 Å². The van der Waals surface area contributed by atoms with Crippen molar-refractivity contribution in [3.8, 4) is 22.8 Å². The molecule has 0 unspecified atom stereocenters. The largest absolute Gasteiger partial charge is 0.493 e. The van der Waals surface area contributed by atoms with Crippen molar-refractivity contribution < 1.29 is 14.3 Å². The second-order valence-corrected chi connectivity index (χ2v) is 7.96. The molecule has 0 bridgehead atoms. The predicted octanol–water partition coefficient (Wildman–Crippen LogP) is 5.47. The molecular formula is C21H21BrN2O3S. The van der Waals surface area contributed by atoms with Crippen LogP contribution in [0.5, 0.6) is 11.5 Å². The Morgan fingerprint density at radius 3 is 2.50 bits per heavy atom. The first-order chi connectivity index (χ1) is 13.5. The zero-order chi connectivity index (χ0) is 20.1. The first-order valence-electron chi connectivity index (χ1n) is 8.73. The molecule has 1 aromatic heterocycles. The third kappa shape index (κ3) is 4.91. The summed E-state index contributed by atoms with van der Waals surface area (Å²) >= 11 is 4.95. The molecule has 1 amide bonds. The van der Waals surface area contributed by atoms with Crippen molar-refractivity contribution in [2.45, 2.75) is 19.8 Å². The Labute approximate surface area is 176 Å². The maximum absolute atomic E-state index is 12.3. The first kappa shape index (κ1) is 20.4. The van der Waals surface area contributed by atoms with Crippen molar-refractivity contribution in [3.05, 3.63) is 57.4 Å². The molecule has 0 radical (unpaired) electrons. The number of halogens is 1. The summed E-state index contributed by atoms with van der Waals surface area (Å²) in [4.78, 5) is 16.9. The summed E-state index contributed by atoms with van der Waals surface area (Å²) < 4.78 is 11.5. The number of nitrogens with one attached hydrogen (secondary N) is 1. The summed E-state index contributed by atoms with van der Waals surface area (Å²) in [5.41, 5.74) is 4.08. The lowest BCUT2D eigenvalue weighted by Crippen LogP contribution is -2.12. The van der Waals surface area contributed by atoms with Crippen molar-refractivity contribution in [1.82, 2.24) is 4.98 Å². The van der Waals surface area contributed by atoms with Crippen LogP contribution in [0.15, 0.2) is 46.3 Å². The number of rotatable bonds is 7. The van der Waals surface area contributed by atoms with E-state index in [4.69, 9.17) is 9.47 Å². The van der Waals surface area contributed by atoms with Gasteiger partial charge in [-0.2, -0.15) is 0 Å². The Hall–Kier alpha value is -2.38. The van der Waals surface area contributed by atoms with Gasteiger partial charge in [0.05, 0.1) is 19.9 Å². The highest BCUT2D eigenvalue weighted by molar-refractivity contribution is 9.10. The third-order valence-corrected chi connectivity index (χ3v) is 5.77. The minimum absolute atomic E-state index is 0.0773. The number of amides is 1. The molecular weight excluding hydrogens is 440 g/mol. The summed E-state index contributed by atoms with van der Waals surface area (Å²) in [5, 5.41) is 5.43. The van der Waals surface area contributed by atoms with Crippen LogP contribution in [0.1, 0.15) is 17.5 Å². The third-order valence-electron chi connectivity index (χ3n) is 4.27. The Balaban J connectivity index is 1.61. The summed E-state index contributed by atoms with van der Waals surface area (Å²) in [6.45, 7) is 2.05. The van der Waals surface area contributed by atoms with E-state index in [0.717, 1.165) is 21.3 Å². The molecule has 2 aromatic carbocycles. The van der Waals surface area contributed by atoms with E-state index in [1.165, 1.54) is 16.9 Å². The SMILES string of the molecule is COc1cc(Br)c(CCC(=O)Nc2nc(-c3ccc(C)cc3)cs2)cc1OC. The number of carbonyl (C=O) groups is 1. The number of anilines is 1. The molecule has 28 heavy (non-hydrogen) atoms. The van der Waals surface area contributed by atoms with Crippen LogP contribution < -0.4 is 14.8 Å². The Bertz CT molecular complexity index is 970. The highest BCUT2D eigenvalue weighted by Crippen LogP contribution is 2.34. The van der Waals surface area contributed by atoms with Crippen LogP contribution in [0.25, 0.3) is 11.3 Å². The Kier molecular flexibility index (Phi) is 6.70. The number of thiazole rings is 1. The van der Waals surface area contributed by atoms with Crippen LogP contribution in [0.2, 0.25) is 0 Å². The molecule has 0 aliphatic rings. The quantitative estimate of drug-likeness (QED) is 0.507. The lowest BCUT2D eigenvalue weighted by Gasteiger charge is -2.11. The van der Waals surface area contributed by atoms with Gasteiger partial charge in [-0.15, -0.1) is 11.3 Å². The molecule has 0 aliphatic heterocycles. The second-order valence-electron chi connectivity index (χ2n) is 6.25. The van der Waals surface area contributed by atoms with Crippen LogP contribution in [0.4, 0.5) is 5.13 Å². The highest BCUT2D eigenvalue weighted by atomic mass is 79.9. The average molecular weight is 461 g/mol. The molecule has 0 saturated heterocycles. The minimum Gasteiger partial charge on any atom is -0.493 e. The van der Waals surface area contributed by atoms with Gasteiger partial charge in [0.1, 0.15) is 0 Å². The first-order valence-corrected chi connectivity index (χ1v) is 10.4. The van der Waals surface area contributed by atoms with E-state index < -0.39 is 0 Å². The molecule has 0 saturated carbocycles. The maximum Gasteiger partial charge on any atom is 0.226 e. The van der Waals surface area contributed by atoms with Gasteiger partial charge in [-0.25, -0.2) is 4.98 Å². The monoisotopic (exact) mass is 460 g/mol. The summed E-state index contributed by atoms with van der Waals surface area (Å²) in [5.74, 6) is 1.21. The van der Waals surface area contributed by atoms with Crippen molar-refractivity contribution >= 4 is 38.3 Å².